The van der Waals surface area contributed by atoms with Gasteiger partial charge in [0.05, 0.1) is 12.4 Å². The van der Waals surface area contributed by atoms with Gasteiger partial charge in [-0.15, -0.1) is 0 Å². The van der Waals surface area contributed by atoms with Crippen molar-refractivity contribution in [2.45, 2.75) is 12.5 Å². The Morgan fingerprint density at radius 3 is 2.85 bits per heavy atom. The number of imidazole rings is 1. The van der Waals surface area contributed by atoms with Crippen molar-refractivity contribution in [1.82, 2.24) is 15.3 Å². The van der Waals surface area contributed by atoms with E-state index >= 15 is 0 Å². The van der Waals surface area contributed by atoms with Crippen LogP contribution in [0.5, 0.6) is 5.75 Å². The van der Waals surface area contributed by atoms with E-state index in [9.17, 15) is 9.59 Å². The van der Waals surface area contributed by atoms with Crippen LogP contribution in [0.15, 0.2) is 42.9 Å². The number of aromatic nitrogens is 2. The Bertz CT molecular complexity index is 540. The van der Waals surface area contributed by atoms with Gasteiger partial charge >= 0.3 is 0 Å². The normalized spacial score (nSPS) is 11.6. The quantitative estimate of drug-likeness (QED) is 0.728. The van der Waals surface area contributed by atoms with Gasteiger partial charge in [0.15, 0.2) is 6.61 Å². The maximum Gasteiger partial charge on any atom is 0.258 e. The summed E-state index contributed by atoms with van der Waals surface area (Å²) < 4.78 is 5.30. The third-order valence-corrected chi connectivity index (χ3v) is 2.62. The van der Waals surface area contributed by atoms with Crippen molar-refractivity contribution in [2.75, 3.05) is 6.61 Å². The first-order valence-electron chi connectivity index (χ1n) is 6.17. The number of amides is 1. The van der Waals surface area contributed by atoms with Crippen LogP contribution in [0.4, 0.5) is 0 Å². The van der Waals surface area contributed by atoms with Crippen LogP contribution in [0.3, 0.4) is 0 Å². The molecule has 1 aromatic heterocycles. The average Bonchev–Trinajstić information content (AvgIpc) is 2.98. The van der Waals surface area contributed by atoms with E-state index in [1.807, 2.05) is 18.2 Å². The molecule has 6 heteroatoms. The lowest BCUT2D eigenvalue weighted by Crippen LogP contribution is -2.40. The summed E-state index contributed by atoms with van der Waals surface area (Å²) in [7, 11) is 0. The van der Waals surface area contributed by atoms with Gasteiger partial charge in [-0.2, -0.15) is 0 Å². The number of nitrogens with zero attached hydrogens (tertiary/aromatic N) is 1. The van der Waals surface area contributed by atoms with Crippen molar-refractivity contribution in [2.24, 2.45) is 0 Å². The molecular formula is C14H15N3O3. The standard InChI is InChI=1S/C14H15N3O3/c18-8-12(6-11-7-15-10-16-11)17-14(19)9-20-13-4-2-1-3-5-13/h1-5,7-8,10,12H,6,9H2,(H,15,16)(H,17,19). The summed E-state index contributed by atoms with van der Waals surface area (Å²) in [6.45, 7) is -0.128. The van der Waals surface area contributed by atoms with Crippen molar-refractivity contribution in [3.63, 3.8) is 0 Å². The van der Waals surface area contributed by atoms with Crippen LogP contribution in [0, 0.1) is 0 Å². The Hall–Kier alpha value is -2.63. The lowest BCUT2D eigenvalue weighted by molar-refractivity contribution is -0.125. The molecule has 6 nitrogen and oxygen atoms in total. The van der Waals surface area contributed by atoms with E-state index in [1.54, 1.807) is 18.3 Å². The second-order valence-electron chi connectivity index (χ2n) is 4.19. The van der Waals surface area contributed by atoms with Gasteiger partial charge in [-0.05, 0) is 12.1 Å². The van der Waals surface area contributed by atoms with Gasteiger partial charge in [-0.25, -0.2) is 4.98 Å². The molecule has 1 heterocycles. The molecule has 1 amide bonds. The smallest absolute Gasteiger partial charge is 0.258 e. The molecule has 0 spiro atoms. The lowest BCUT2D eigenvalue weighted by Gasteiger charge is -2.12. The average molecular weight is 273 g/mol. The van der Waals surface area contributed by atoms with Crippen LogP contribution >= 0.6 is 0 Å². The highest BCUT2D eigenvalue weighted by atomic mass is 16.5. The number of hydrogen-bond acceptors (Lipinski definition) is 4. The molecule has 2 N–H and O–H groups in total. The molecule has 104 valence electrons. The van der Waals surface area contributed by atoms with E-state index in [4.69, 9.17) is 4.74 Å². The van der Waals surface area contributed by atoms with Gasteiger partial charge in [0.2, 0.25) is 0 Å². The number of carbonyl (C=O) groups is 2. The van der Waals surface area contributed by atoms with Gasteiger partial charge < -0.3 is 19.8 Å². The molecule has 20 heavy (non-hydrogen) atoms. The zero-order valence-electron chi connectivity index (χ0n) is 10.8. The number of nitrogens with one attached hydrogen (secondary N) is 2. The number of aromatic amines is 1. The summed E-state index contributed by atoms with van der Waals surface area (Å²) in [6, 6.07) is 8.42. The molecule has 0 aliphatic rings. The topological polar surface area (TPSA) is 84.1 Å². The van der Waals surface area contributed by atoms with Crippen molar-refractivity contribution in [1.29, 1.82) is 0 Å². The minimum Gasteiger partial charge on any atom is -0.484 e. The monoisotopic (exact) mass is 273 g/mol. The van der Waals surface area contributed by atoms with E-state index in [-0.39, 0.29) is 12.5 Å². The molecule has 0 saturated heterocycles. The highest BCUT2D eigenvalue weighted by Gasteiger charge is 2.13. The van der Waals surface area contributed by atoms with E-state index in [2.05, 4.69) is 15.3 Å². The first kappa shape index (κ1) is 13.8. The summed E-state index contributed by atoms with van der Waals surface area (Å²) in [6.07, 6.45) is 4.21. The number of hydrogen-bond donors (Lipinski definition) is 2. The third-order valence-electron chi connectivity index (χ3n) is 2.62. The second-order valence-corrected chi connectivity index (χ2v) is 4.19. The fourth-order valence-electron chi connectivity index (χ4n) is 1.68. The van der Waals surface area contributed by atoms with Gasteiger partial charge in [0, 0.05) is 18.3 Å². The Labute approximate surface area is 116 Å². The van der Waals surface area contributed by atoms with Crippen molar-refractivity contribution < 1.29 is 14.3 Å². The summed E-state index contributed by atoms with van der Waals surface area (Å²) in [5.74, 6) is 0.268. The minimum absolute atomic E-state index is 0.128. The summed E-state index contributed by atoms with van der Waals surface area (Å²) in [4.78, 5) is 29.4. The Morgan fingerprint density at radius 2 is 2.20 bits per heavy atom. The Balaban J connectivity index is 1.79. The minimum atomic E-state index is -0.595. The molecule has 1 aromatic carbocycles. The van der Waals surface area contributed by atoms with Gasteiger partial charge in [-0.1, -0.05) is 18.2 Å². The second kappa shape index (κ2) is 7.08. The number of H-pyrrole nitrogens is 1. The predicted molar refractivity (Wildman–Crippen MR) is 72.2 cm³/mol. The van der Waals surface area contributed by atoms with Crippen molar-refractivity contribution >= 4 is 12.2 Å². The number of benzene rings is 1. The highest BCUT2D eigenvalue weighted by Crippen LogP contribution is 2.07. The van der Waals surface area contributed by atoms with Gasteiger partial charge in [0.25, 0.3) is 5.91 Å². The van der Waals surface area contributed by atoms with Crippen LogP contribution in [-0.2, 0) is 16.0 Å². The molecule has 0 aliphatic heterocycles. The first-order chi connectivity index (χ1) is 9.78. The van der Waals surface area contributed by atoms with Gasteiger partial charge in [-0.3, -0.25) is 4.79 Å². The molecule has 0 fully saturated rings. The molecule has 1 atom stereocenters. The molecule has 1 unspecified atom stereocenters. The molecule has 2 rings (SSSR count). The number of carbonyl (C=O) groups excluding carboxylic acids is 2. The Morgan fingerprint density at radius 1 is 1.40 bits per heavy atom. The maximum atomic E-state index is 11.7. The van der Waals surface area contributed by atoms with Gasteiger partial charge in [0.1, 0.15) is 12.0 Å². The summed E-state index contributed by atoms with van der Waals surface area (Å²) >= 11 is 0. The zero-order chi connectivity index (χ0) is 14.2. The fourth-order valence-corrected chi connectivity index (χ4v) is 1.68. The SMILES string of the molecule is O=CC(Cc1cnc[nH]1)NC(=O)COc1ccccc1. The van der Waals surface area contributed by atoms with E-state index < -0.39 is 6.04 Å². The molecule has 0 aliphatic carbocycles. The zero-order valence-corrected chi connectivity index (χ0v) is 10.8. The van der Waals surface area contributed by atoms with Crippen LogP contribution in [0.1, 0.15) is 5.69 Å². The van der Waals surface area contributed by atoms with Crippen LogP contribution in [-0.4, -0.2) is 34.8 Å². The lowest BCUT2D eigenvalue weighted by atomic mass is 10.2. The van der Waals surface area contributed by atoms with E-state index in [0.717, 1.165) is 5.69 Å². The molecule has 0 radical (unpaired) electrons. The maximum absolute atomic E-state index is 11.7. The van der Waals surface area contributed by atoms with Crippen LogP contribution in [0.25, 0.3) is 0 Å². The fraction of sp³-hybridized carbons (Fsp3) is 0.214. The number of ether oxygens (including phenoxy) is 1. The predicted octanol–water partition coefficient (Wildman–Crippen LogP) is 0.715. The van der Waals surface area contributed by atoms with Crippen LogP contribution in [0.2, 0.25) is 0 Å². The molecule has 0 saturated carbocycles. The van der Waals surface area contributed by atoms with E-state index in [0.29, 0.717) is 18.5 Å². The van der Waals surface area contributed by atoms with Crippen molar-refractivity contribution in [3.05, 3.63) is 48.5 Å². The van der Waals surface area contributed by atoms with Crippen molar-refractivity contribution in [3.8, 4) is 5.75 Å². The Kier molecular flexibility index (Phi) is 4.88. The third kappa shape index (κ3) is 4.24. The summed E-state index contributed by atoms with van der Waals surface area (Å²) in [5.41, 5.74) is 0.784. The first-order valence-corrected chi connectivity index (χ1v) is 6.17. The number of rotatable bonds is 7. The number of para-hydroxylation sites is 1. The van der Waals surface area contributed by atoms with Crippen LogP contribution < -0.4 is 10.1 Å². The van der Waals surface area contributed by atoms with E-state index in [1.165, 1.54) is 6.33 Å². The largest absolute Gasteiger partial charge is 0.484 e. The molecule has 2 aromatic rings. The highest BCUT2D eigenvalue weighted by molar-refractivity contribution is 5.81. The molecule has 0 bridgehead atoms. The number of aldehydes is 1. The molecular weight excluding hydrogens is 258 g/mol. The summed E-state index contributed by atoms with van der Waals surface area (Å²) in [5, 5.41) is 2.60.